The molecule has 2 aliphatic heterocycles. The van der Waals surface area contributed by atoms with E-state index in [4.69, 9.17) is 19.2 Å². The van der Waals surface area contributed by atoms with Crippen LogP contribution in [0.15, 0.2) is 42.5 Å². The Morgan fingerprint density at radius 3 is 2.44 bits per heavy atom. The summed E-state index contributed by atoms with van der Waals surface area (Å²) in [5, 5.41) is 11.7. The number of methoxy groups -OCH3 is 1. The van der Waals surface area contributed by atoms with Crippen LogP contribution in [0.25, 0.3) is 10.9 Å². The number of rotatable bonds is 7. The molecule has 2 fully saturated rings. The highest BCUT2D eigenvalue weighted by atomic mass is 16.5. The summed E-state index contributed by atoms with van der Waals surface area (Å²) in [6.07, 6.45) is 1.05. The summed E-state index contributed by atoms with van der Waals surface area (Å²) in [5.41, 5.74) is 5.19. The van der Waals surface area contributed by atoms with Crippen LogP contribution in [0, 0.1) is 32.1 Å². The summed E-state index contributed by atoms with van der Waals surface area (Å²) in [7, 11) is 1.59. The lowest BCUT2D eigenvalue weighted by atomic mass is 9.73. The third-order valence-corrected chi connectivity index (χ3v) is 9.02. The largest absolute Gasteiger partial charge is 0.481 e. The molecule has 43 heavy (non-hydrogen) atoms. The zero-order valence-corrected chi connectivity index (χ0v) is 26.3. The molecule has 3 aromatic rings. The standard InChI is InChI=1S/C35H44N2O6/c1-20-16-22(3)25-18-23(32(41-7)36-26(25)17-20)19-43-31-28(35(4,5)6)30(34(39)40)37(33(38)27-14-10-11-15-42-27)29(31)24-13-9-8-12-21(24)2/h8-9,12-13,16-18,27-31H,10-11,14-15,19H2,1-7H3,(H,39,40)/t27-,28+,29-,30-,31-/m0/s1. The molecule has 0 spiro atoms. The van der Waals surface area contributed by atoms with Gasteiger partial charge >= 0.3 is 5.97 Å². The van der Waals surface area contributed by atoms with Crippen molar-refractivity contribution in [3.05, 3.63) is 70.3 Å². The Bertz CT molecular complexity index is 1510. The number of hydrogen-bond acceptors (Lipinski definition) is 6. The van der Waals surface area contributed by atoms with Crippen molar-refractivity contribution in [2.45, 2.75) is 91.7 Å². The number of nitrogens with zero attached hydrogens (tertiary/aromatic N) is 2. The van der Waals surface area contributed by atoms with Crippen LogP contribution in [0.2, 0.25) is 0 Å². The van der Waals surface area contributed by atoms with E-state index in [9.17, 15) is 14.7 Å². The van der Waals surface area contributed by atoms with Gasteiger partial charge in [0.25, 0.3) is 5.91 Å². The van der Waals surface area contributed by atoms with Crippen molar-refractivity contribution in [2.75, 3.05) is 13.7 Å². The number of aromatic nitrogens is 1. The summed E-state index contributed by atoms with van der Waals surface area (Å²) in [6.45, 7) is 12.8. The first kappa shape index (κ1) is 31.0. The Kier molecular flexibility index (Phi) is 8.82. The van der Waals surface area contributed by atoms with Gasteiger partial charge in [-0.1, -0.05) is 51.1 Å². The second-order valence-corrected chi connectivity index (χ2v) is 13.2. The zero-order valence-electron chi connectivity index (χ0n) is 26.3. The van der Waals surface area contributed by atoms with Gasteiger partial charge < -0.3 is 24.2 Å². The van der Waals surface area contributed by atoms with E-state index in [1.165, 1.54) is 0 Å². The van der Waals surface area contributed by atoms with Gasteiger partial charge in [-0.25, -0.2) is 9.78 Å². The maximum absolute atomic E-state index is 14.3. The molecule has 1 aromatic heterocycles. The lowest BCUT2D eigenvalue weighted by Crippen LogP contribution is -2.51. The summed E-state index contributed by atoms with van der Waals surface area (Å²) in [4.78, 5) is 33.8. The molecule has 5 atom stereocenters. The number of likely N-dealkylation sites (tertiary alicyclic amines) is 1. The monoisotopic (exact) mass is 588 g/mol. The van der Waals surface area contributed by atoms with Crippen molar-refractivity contribution in [1.29, 1.82) is 0 Å². The number of ether oxygens (including phenoxy) is 3. The van der Waals surface area contributed by atoms with Gasteiger partial charge in [0.2, 0.25) is 5.88 Å². The fourth-order valence-corrected chi connectivity index (χ4v) is 7.06. The van der Waals surface area contributed by atoms with Crippen LogP contribution in [-0.4, -0.2) is 58.8 Å². The topological polar surface area (TPSA) is 98.2 Å². The minimum Gasteiger partial charge on any atom is -0.481 e. The molecule has 2 aliphatic rings. The lowest BCUT2D eigenvalue weighted by Gasteiger charge is -2.35. The van der Waals surface area contributed by atoms with Crippen LogP contribution in [0.5, 0.6) is 5.88 Å². The number of benzene rings is 2. The first-order chi connectivity index (χ1) is 20.4. The van der Waals surface area contributed by atoms with Crippen LogP contribution < -0.4 is 4.74 Å². The molecule has 0 unspecified atom stereocenters. The predicted molar refractivity (Wildman–Crippen MR) is 165 cm³/mol. The lowest BCUT2D eigenvalue weighted by molar-refractivity contribution is -0.159. The highest BCUT2D eigenvalue weighted by Gasteiger charge is 2.59. The van der Waals surface area contributed by atoms with Crippen LogP contribution in [-0.2, 0) is 25.7 Å². The normalized spacial score (nSPS) is 24.3. The summed E-state index contributed by atoms with van der Waals surface area (Å²) < 4.78 is 18.5. The van der Waals surface area contributed by atoms with Crippen molar-refractivity contribution in [3.63, 3.8) is 0 Å². The van der Waals surface area contributed by atoms with Crippen LogP contribution >= 0.6 is 0 Å². The van der Waals surface area contributed by atoms with Crippen molar-refractivity contribution in [3.8, 4) is 5.88 Å². The number of carboxylic acids is 1. The minimum absolute atomic E-state index is 0.146. The van der Waals surface area contributed by atoms with E-state index in [-0.39, 0.29) is 12.5 Å². The SMILES string of the molecule is COc1nc2cc(C)cc(C)c2cc1CO[C@H]1[C@H](C(C)(C)C)[C@@H](C(=O)O)N(C(=O)[C@@H]2CCCCO2)[C@H]1c1ccccc1C. The molecule has 0 radical (unpaired) electrons. The maximum Gasteiger partial charge on any atom is 0.326 e. The van der Waals surface area contributed by atoms with E-state index in [0.29, 0.717) is 18.9 Å². The Labute approximate surface area is 254 Å². The summed E-state index contributed by atoms with van der Waals surface area (Å²) >= 11 is 0. The second kappa shape index (κ2) is 12.2. The van der Waals surface area contributed by atoms with Gasteiger partial charge in [-0.2, -0.15) is 0 Å². The first-order valence-corrected chi connectivity index (χ1v) is 15.2. The number of carbonyl (C=O) groups is 2. The second-order valence-electron chi connectivity index (χ2n) is 13.2. The van der Waals surface area contributed by atoms with Crippen molar-refractivity contribution < 1.29 is 28.9 Å². The minimum atomic E-state index is -1.09. The van der Waals surface area contributed by atoms with E-state index < -0.39 is 41.6 Å². The van der Waals surface area contributed by atoms with E-state index in [1.807, 2.05) is 71.0 Å². The number of hydrogen-bond donors (Lipinski definition) is 1. The van der Waals surface area contributed by atoms with Crippen molar-refractivity contribution >= 4 is 22.8 Å². The van der Waals surface area contributed by atoms with Gasteiger partial charge in [0.1, 0.15) is 12.1 Å². The van der Waals surface area contributed by atoms with Crippen LogP contribution in [0.4, 0.5) is 0 Å². The Hall–Kier alpha value is -3.49. The highest BCUT2D eigenvalue weighted by molar-refractivity contribution is 5.88. The van der Waals surface area contributed by atoms with Gasteiger partial charge in [0.15, 0.2) is 0 Å². The molecule has 0 aliphatic carbocycles. The smallest absolute Gasteiger partial charge is 0.326 e. The number of fused-ring (bicyclic) bond motifs is 1. The van der Waals surface area contributed by atoms with Crippen molar-refractivity contribution in [2.24, 2.45) is 11.3 Å². The van der Waals surface area contributed by atoms with Crippen molar-refractivity contribution in [1.82, 2.24) is 9.88 Å². The fraction of sp³-hybridized carbons (Fsp3) is 0.514. The predicted octanol–water partition coefficient (Wildman–Crippen LogP) is 6.32. The molecule has 1 N–H and O–H groups in total. The van der Waals surface area contributed by atoms with Crippen LogP contribution in [0.1, 0.15) is 73.9 Å². The maximum atomic E-state index is 14.3. The number of amides is 1. The molecule has 1 amide bonds. The van der Waals surface area contributed by atoms with Gasteiger partial charge in [0.05, 0.1) is 31.4 Å². The van der Waals surface area contributed by atoms with E-state index in [0.717, 1.165) is 51.6 Å². The molecule has 2 saturated heterocycles. The van der Waals surface area contributed by atoms with Gasteiger partial charge in [0, 0.05) is 23.5 Å². The average molecular weight is 589 g/mol. The quantitative estimate of drug-likeness (QED) is 0.345. The molecule has 5 rings (SSSR count). The Morgan fingerprint density at radius 2 is 1.81 bits per heavy atom. The number of pyridine rings is 1. The van der Waals surface area contributed by atoms with E-state index in [1.54, 1.807) is 12.0 Å². The molecular weight excluding hydrogens is 544 g/mol. The molecule has 0 bridgehead atoms. The zero-order chi connectivity index (χ0) is 31.1. The fourth-order valence-electron chi connectivity index (χ4n) is 7.06. The average Bonchev–Trinajstić information content (AvgIpc) is 3.32. The van der Waals surface area contributed by atoms with E-state index in [2.05, 4.69) is 13.0 Å². The third-order valence-electron chi connectivity index (χ3n) is 9.02. The molecule has 2 aromatic carbocycles. The Morgan fingerprint density at radius 1 is 1.07 bits per heavy atom. The molecule has 8 nitrogen and oxygen atoms in total. The number of carboxylic acid groups (broad SMARTS) is 1. The summed E-state index contributed by atoms with van der Waals surface area (Å²) in [6, 6.07) is 12.3. The third kappa shape index (κ3) is 6.00. The molecule has 8 heteroatoms. The van der Waals surface area contributed by atoms with Gasteiger partial charge in [-0.05, 0) is 79.8 Å². The number of carbonyl (C=O) groups excluding carboxylic acids is 1. The highest BCUT2D eigenvalue weighted by Crippen LogP contribution is 2.51. The number of aliphatic carboxylic acids is 1. The van der Waals surface area contributed by atoms with Crippen LogP contribution in [0.3, 0.4) is 0 Å². The molecule has 3 heterocycles. The van der Waals surface area contributed by atoms with Gasteiger partial charge in [-0.3, -0.25) is 4.79 Å². The molecule has 230 valence electrons. The molecular formula is C35H44N2O6. The van der Waals surface area contributed by atoms with E-state index >= 15 is 0 Å². The number of aryl methyl sites for hydroxylation is 3. The summed E-state index contributed by atoms with van der Waals surface area (Å²) in [5.74, 6) is -1.36. The van der Waals surface area contributed by atoms with Gasteiger partial charge in [-0.15, -0.1) is 0 Å². The Balaban J connectivity index is 1.62. The first-order valence-electron chi connectivity index (χ1n) is 15.2. The molecule has 0 saturated carbocycles.